The van der Waals surface area contributed by atoms with Crippen LogP contribution >= 0.6 is 0 Å². The van der Waals surface area contributed by atoms with E-state index in [2.05, 4.69) is 210 Å². The van der Waals surface area contributed by atoms with Crippen molar-refractivity contribution in [2.75, 3.05) is 9.80 Å². The van der Waals surface area contributed by atoms with Crippen molar-refractivity contribution in [3.05, 3.63) is 191 Å². The van der Waals surface area contributed by atoms with Crippen LogP contribution in [-0.2, 0) is 0 Å². The highest BCUT2D eigenvalue weighted by molar-refractivity contribution is 6.22. The first kappa shape index (κ1) is 36.8. The monoisotopic (exact) mass is 790 g/mol. The van der Waals surface area contributed by atoms with Gasteiger partial charge in [0, 0.05) is 55.7 Å². The summed E-state index contributed by atoms with van der Waals surface area (Å²) in [4.78, 5) is 4.74. The Hall–Kier alpha value is -7.30. The van der Waals surface area contributed by atoms with Gasteiger partial charge in [-0.1, -0.05) is 60.7 Å². The number of rotatable bonds is 6. The number of hydrogen-bond donors (Lipinski definition) is 0. The van der Waals surface area contributed by atoms with Crippen LogP contribution in [0.25, 0.3) is 65.4 Å². The molecule has 4 heteroatoms. The van der Waals surface area contributed by atoms with Crippen LogP contribution in [0.1, 0.15) is 38.9 Å². The molecule has 296 valence electrons. The van der Waals surface area contributed by atoms with Crippen molar-refractivity contribution in [1.29, 1.82) is 0 Å². The molecule has 4 nitrogen and oxygen atoms in total. The number of hydrogen-bond acceptors (Lipinski definition) is 4. The summed E-state index contributed by atoms with van der Waals surface area (Å²) in [7, 11) is 0. The predicted octanol–water partition coefficient (Wildman–Crippen LogP) is 16.9. The molecular weight excluding hydrogens is 745 g/mol. The van der Waals surface area contributed by atoms with E-state index >= 15 is 0 Å². The molecule has 0 bridgehead atoms. The number of anilines is 6. The molecule has 0 amide bonds. The van der Waals surface area contributed by atoms with Gasteiger partial charge in [0.1, 0.15) is 11.2 Å². The van der Waals surface area contributed by atoms with Crippen LogP contribution in [0.2, 0.25) is 0 Å². The smallest absolute Gasteiger partial charge is 0.178 e. The topological polar surface area (TPSA) is 32.8 Å². The van der Waals surface area contributed by atoms with E-state index in [0.717, 1.165) is 99.5 Å². The van der Waals surface area contributed by atoms with Gasteiger partial charge >= 0.3 is 0 Å². The minimum absolute atomic E-state index is 0.782. The lowest BCUT2D eigenvalue weighted by Gasteiger charge is -2.28. The predicted molar refractivity (Wildman–Crippen MR) is 259 cm³/mol. The number of benzene rings is 9. The Balaban J connectivity index is 1.05. The highest BCUT2D eigenvalue weighted by Gasteiger charge is 2.22. The first-order valence-electron chi connectivity index (χ1n) is 21.1. The summed E-state index contributed by atoms with van der Waals surface area (Å²) >= 11 is 0. The fraction of sp³-hybridized carbons (Fsp3) is 0.123. The molecule has 0 radical (unpaired) electrons. The molecule has 0 aliphatic rings. The third-order valence-corrected chi connectivity index (χ3v) is 12.4. The molecule has 0 saturated carbocycles. The first-order valence-corrected chi connectivity index (χ1v) is 21.1. The molecule has 0 saturated heterocycles. The maximum atomic E-state index is 6.87. The highest BCUT2D eigenvalue weighted by Crippen LogP contribution is 2.45. The standard InChI is InChI=1S/C57H46N2O2/c1-33-20-34(2)23-46(22-33)58(51-14-10-8-12-37(51)5)44-18-16-40-29-48-49-26-39(7)55-50-30-41-17-19-45(59(52-15-11-9-13-38(52)6)47-24-35(3)21-36(4)25-47)28-43(41)32-54(50)61-57(55)56(49)60-53(48)31-42(40)27-44/h8-32H,1-7H3. The number of fused-ring (bicyclic) bond motifs is 9. The van der Waals surface area contributed by atoms with Crippen LogP contribution in [0, 0.1) is 48.5 Å². The number of nitrogens with zero attached hydrogens (tertiary/aromatic N) is 2. The second kappa shape index (κ2) is 13.9. The maximum Gasteiger partial charge on any atom is 0.178 e. The average molecular weight is 791 g/mol. The summed E-state index contributed by atoms with van der Waals surface area (Å²) in [5.41, 5.74) is 18.6. The molecule has 0 fully saturated rings. The molecule has 0 N–H and O–H groups in total. The summed E-state index contributed by atoms with van der Waals surface area (Å²) in [6.07, 6.45) is 0. The van der Waals surface area contributed by atoms with Gasteiger partial charge in [0.25, 0.3) is 0 Å². The second-order valence-electron chi connectivity index (χ2n) is 17.2. The Morgan fingerprint density at radius 3 is 1.30 bits per heavy atom. The molecule has 2 heterocycles. The van der Waals surface area contributed by atoms with Crippen LogP contribution in [-0.4, -0.2) is 0 Å². The van der Waals surface area contributed by atoms with Crippen molar-refractivity contribution in [2.45, 2.75) is 48.5 Å². The summed E-state index contributed by atoms with van der Waals surface area (Å²) in [5.74, 6) is 0. The molecule has 0 spiro atoms. The van der Waals surface area contributed by atoms with Crippen LogP contribution in [0.3, 0.4) is 0 Å². The molecule has 0 aliphatic carbocycles. The zero-order valence-corrected chi connectivity index (χ0v) is 35.6. The third-order valence-electron chi connectivity index (χ3n) is 12.4. The zero-order chi connectivity index (χ0) is 41.7. The Morgan fingerprint density at radius 1 is 0.328 bits per heavy atom. The molecule has 11 rings (SSSR count). The summed E-state index contributed by atoms with van der Waals surface area (Å²) < 4.78 is 13.7. The van der Waals surface area contributed by atoms with E-state index in [0.29, 0.717) is 0 Å². The number of para-hydroxylation sites is 2. The highest BCUT2D eigenvalue weighted by atomic mass is 16.4. The summed E-state index contributed by atoms with van der Waals surface area (Å²) in [6, 6.07) is 55.5. The second-order valence-corrected chi connectivity index (χ2v) is 17.2. The van der Waals surface area contributed by atoms with Gasteiger partial charge in [0.05, 0.1) is 0 Å². The molecule has 11 aromatic rings. The molecule has 0 atom stereocenters. The molecule has 2 aromatic heterocycles. The minimum atomic E-state index is 0.782. The van der Waals surface area contributed by atoms with Crippen LogP contribution in [0.4, 0.5) is 34.1 Å². The molecule has 9 aromatic carbocycles. The van der Waals surface area contributed by atoms with Gasteiger partial charge in [-0.3, -0.25) is 0 Å². The Kier molecular flexibility index (Phi) is 8.37. The van der Waals surface area contributed by atoms with E-state index in [4.69, 9.17) is 8.83 Å². The van der Waals surface area contributed by atoms with E-state index in [1.807, 2.05) is 0 Å². The van der Waals surface area contributed by atoms with Gasteiger partial charge < -0.3 is 18.6 Å². The molecular formula is C57H46N2O2. The summed E-state index contributed by atoms with van der Waals surface area (Å²) in [5, 5.41) is 8.90. The van der Waals surface area contributed by atoms with Gasteiger partial charge in [-0.25, -0.2) is 0 Å². The lowest BCUT2D eigenvalue weighted by molar-refractivity contribution is 0.633. The van der Waals surface area contributed by atoms with E-state index in [1.165, 1.54) is 38.9 Å². The lowest BCUT2D eigenvalue weighted by atomic mass is 10.00. The van der Waals surface area contributed by atoms with Crippen molar-refractivity contribution in [3.8, 4) is 0 Å². The fourth-order valence-electron chi connectivity index (χ4n) is 9.75. The zero-order valence-electron chi connectivity index (χ0n) is 35.6. The van der Waals surface area contributed by atoms with Crippen molar-refractivity contribution < 1.29 is 8.83 Å². The normalized spacial score (nSPS) is 11.9. The molecule has 61 heavy (non-hydrogen) atoms. The minimum Gasteiger partial charge on any atom is -0.452 e. The quantitative estimate of drug-likeness (QED) is 0.168. The number of furan rings is 2. The Morgan fingerprint density at radius 2 is 0.787 bits per heavy atom. The van der Waals surface area contributed by atoms with E-state index in [1.54, 1.807) is 0 Å². The third kappa shape index (κ3) is 6.13. The lowest BCUT2D eigenvalue weighted by Crippen LogP contribution is -2.11. The summed E-state index contributed by atoms with van der Waals surface area (Å²) in [6.45, 7) is 15.2. The first-order chi connectivity index (χ1) is 29.6. The van der Waals surface area contributed by atoms with E-state index < -0.39 is 0 Å². The van der Waals surface area contributed by atoms with Crippen molar-refractivity contribution in [3.63, 3.8) is 0 Å². The van der Waals surface area contributed by atoms with Crippen molar-refractivity contribution in [2.24, 2.45) is 0 Å². The van der Waals surface area contributed by atoms with E-state index in [9.17, 15) is 0 Å². The largest absolute Gasteiger partial charge is 0.452 e. The van der Waals surface area contributed by atoms with Crippen LogP contribution < -0.4 is 9.80 Å². The Bertz CT molecular complexity index is 3550. The van der Waals surface area contributed by atoms with Gasteiger partial charge in [0.2, 0.25) is 0 Å². The van der Waals surface area contributed by atoms with Gasteiger partial charge in [-0.2, -0.15) is 0 Å². The maximum absolute atomic E-state index is 6.87. The van der Waals surface area contributed by atoms with Crippen LogP contribution in [0.15, 0.2) is 160 Å². The van der Waals surface area contributed by atoms with Gasteiger partial charge in [-0.05, 0) is 200 Å². The average Bonchev–Trinajstić information content (AvgIpc) is 3.78. The van der Waals surface area contributed by atoms with Gasteiger partial charge in [0.15, 0.2) is 11.2 Å². The molecule has 0 unspecified atom stereocenters. The molecule has 0 aliphatic heterocycles. The van der Waals surface area contributed by atoms with Gasteiger partial charge in [-0.15, -0.1) is 0 Å². The van der Waals surface area contributed by atoms with Crippen molar-refractivity contribution in [1.82, 2.24) is 0 Å². The van der Waals surface area contributed by atoms with Crippen molar-refractivity contribution >= 4 is 99.5 Å². The van der Waals surface area contributed by atoms with Crippen LogP contribution in [0.5, 0.6) is 0 Å². The number of aryl methyl sites for hydroxylation is 7. The SMILES string of the molecule is Cc1cc(C)cc(N(c2ccc3cc4c(cc3c2)oc2c4cc(C)c3c4cc5ccc(N(c6cc(C)cc(C)c6)c6ccccc6C)cc5cc4oc23)c2ccccc2C)c1. The fourth-order valence-corrected chi connectivity index (χ4v) is 9.75. The van der Waals surface area contributed by atoms with E-state index in [-0.39, 0.29) is 0 Å². The Labute approximate surface area is 355 Å².